The quantitative estimate of drug-likeness (QED) is 0.325. The highest BCUT2D eigenvalue weighted by Gasteiger charge is 2.18. The minimum Gasteiger partial charge on any atom is -0.378 e. The van der Waals surface area contributed by atoms with Crippen molar-refractivity contribution in [2.24, 2.45) is 0 Å². The molecule has 6 heteroatoms. The number of nitrogens with one attached hydrogen (secondary N) is 1. The molecule has 3 aromatic rings. The number of nitrogens with zero attached hydrogens (tertiary/aromatic N) is 1. The Balaban J connectivity index is 1.88. The number of benzene rings is 3. The van der Waals surface area contributed by atoms with Crippen molar-refractivity contribution in [3.63, 3.8) is 0 Å². The zero-order chi connectivity index (χ0) is 19.2. The van der Waals surface area contributed by atoms with E-state index in [1.165, 1.54) is 12.1 Å². The first-order valence-electron chi connectivity index (χ1n) is 8.37. The molecule has 3 rings (SSSR count). The van der Waals surface area contributed by atoms with Crippen molar-refractivity contribution in [3.8, 4) is 0 Å². The molecule has 0 aliphatic rings. The largest absolute Gasteiger partial charge is 0.378 e. The molecule has 1 atom stereocenters. The summed E-state index contributed by atoms with van der Waals surface area (Å²) in [6.45, 7) is 0. The van der Waals surface area contributed by atoms with Gasteiger partial charge in [-0.1, -0.05) is 60.1 Å². The van der Waals surface area contributed by atoms with Crippen molar-refractivity contribution in [1.82, 2.24) is 0 Å². The van der Waals surface area contributed by atoms with E-state index in [4.69, 9.17) is 11.6 Å². The highest BCUT2D eigenvalue weighted by molar-refractivity contribution is 6.30. The van der Waals surface area contributed by atoms with E-state index in [1.54, 1.807) is 36.4 Å². The fraction of sp³-hybridized carbons (Fsp3) is 0.0952. The van der Waals surface area contributed by atoms with Gasteiger partial charge in [-0.25, -0.2) is 0 Å². The summed E-state index contributed by atoms with van der Waals surface area (Å²) in [6, 6.07) is 22.1. The third-order valence-corrected chi connectivity index (χ3v) is 4.41. The van der Waals surface area contributed by atoms with E-state index < -0.39 is 4.92 Å². The molecule has 5 nitrogen and oxygen atoms in total. The van der Waals surface area contributed by atoms with Gasteiger partial charge in [0, 0.05) is 34.8 Å². The van der Waals surface area contributed by atoms with Crippen molar-refractivity contribution < 1.29 is 9.72 Å². The molecule has 0 spiro atoms. The molecule has 0 saturated heterocycles. The topological polar surface area (TPSA) is 72.2 Å². The van der Waals surface area contributed by atoms with Gasteiger partial charge in [0.1, 0.15) is 0 Å². The Labute approximate surface area is 161 Å². The molecule has 0 amide bonds. The Morgan fingerprint density at radius 1 is 1.00 bits per heavy atom. The number of carbonyl (C=O) groups is 1. The number of Topliss-reactive ketones (excluding diaryl/α,β-unsaturated/α-hetero) is 1. The minimum atomic E-state index is -0.447. The molecule has 3 aromatic carbocycles. The van der Waals surface area contributed by atoms with Crippen LogP contribution < -0.4 is 5.32 Å². The Morgan fingerprint density at radius 3 is 2.37 bits per heavy atom. The number of non-ortho nitro benzene ring substituents is 1. The number of anilines is 1. The Bertz CT molecular complexity index is 943. The molecule has 0 unspecified atom stereocenters. The number of ketones is 1. The van der Waals surface area contributed by atoms with E-state index in [9.17, 15) is 14.9 Å². The second-order valence-corrected chi connectivity index (χ2v) is 6.49. The first-order valence-corrected chi connectivity index (χ1v) is 8.75. The summed E-state index contributed by atoms with van der Waals surface area (Å²) in [6.07, 6.45) is 0.203. The molecule has 0 aliphatic heterocycles. The predicted molar refractivity (Wildman–Crippen MR) is 106 cm³/mol. The Kier molecular flexibility index (Phi) is 5.84. The second kappa shape index (κ2) is 8.47. The summed E-state index contributed by atoms with van der Waals surface area (Å²) >= 11 is 5.97. The SMILES string of the molecule is O=C(C[C@H](Nc1cccc([N+](=O)[O-])c1)c1ccc(Cl)cc1)c1ccccc1. The number of rotatable bonds is 7. The average molecular weight is 381 g/mol. The highest BCUT2D eigenvalue weighted by Crippen LogP contribution is 2.27. The monoisotopic (exact) mass is 380 g/mol. The van der Waals surface area contributed by atoms with Gasteiger partial charge in [-0.2, -0.15) is 0 Å². The van der Waals surface area contributed by atoms with Crippen LogP contribution >= 0.6 is 11.6 Å². The average Bonchev–Trinajstić information content (AvgIpc) is 2.69. The van der Waals surface area contributed by atoms with Gasteiger partial charge in [-0.3, -0.25) is 14.9 Å². The highest BCUT2D eigenvalue weighted by atomic mass is 35.5. The van der Waals surface area contributed by atoms with Crippen LogP contribution in [-0.2, 0) is 0 Å². The summed E-state index contributed by atoms with van der Waals surface area (Å²) < 4.78 is 0. The lowest BCUT2D eigenvalue weighted by Crippen LogP contribution is -2.16. The maximum absolute atomic E-state index is 12.7. The maximum Gasteiger partial charge on any atom is 0.271 e. The van der Waals surface area contributed by atoms with Gasteiger partial charge in [-0.05, 0) is 23.8 Å². The van der Waals surface area contributed by atoms with Crippen LogP contribution in [0.1, 0.15) is 28.4 Å². The number of nitro benzene ring substituents is 1. The summed E-state index contributed by atoms with van der Waals surface area (Å²) in [7, 11) is 0. The van der Waals surface area contributed by atoms with Crippen molar-refractivity contribution in [2.75, 3.05) is 5.32 Å². The molecule has 0 radical (unpaired) electrons. The normalized spacial score (nSPS) is 11.6. The van der Waals surface area contributed by atoms with Crippen LogP contribution in [0.3, 0.4) is 0 Å². The van der Waals surface area contributed by atoms with Crippen molar-refractivity contribution in [1.29, 1.82) is 0 Å². The van der Waals surface area contributed by atoms with Gasteiger partial charge in [-0.15, -0.1) is 0 Å². The van der Waals surface area contributed by atoms with Crippen LogP contribution in [0.25, 0.3) is 0 Å². The number of nitro groups is 1. The summed E-state index contributed by atoms with van der Waals surface area (Å²) in [5.41, 5.74) is 2.06. The van der Waals surface area contributed by atoms with E-state index >= 15 is 0 Å². The molecule has 0 heterocycles. The van der Waals surface area contributed by atoms with Crippen molar-refractivity contribution in [2.45, 2.75) is 12.5 Å². The molecular weight excluding hydrogens is 364 g/mol. The van der Waals surface area contributed by atoms with E-state index in [0.29, 0.717) is 16.3 Å². The zero-order valence-electron chi connectivity index (χ0n) is 14.3. The maximum atomic E-state index is 12.7. The lowest BCUT2D eigenvalue weighted by atomic mass is 9.97. The molecule has 0 aliphatic carbocycles. The summed E-state index contributed by atoms with van der Waals surface area (Å²) in [4.78, 5) is 23.3. The fourth-order valence-corrected chi connectivity index (χ4v) is 2.91. The van der Waals surface area contributed by atoms with Crippen LogP contribution in [0.5, 0.6) is 0 Å². The number of hydrogen-bond acceptors (Lipinski definition) is 4. The van der Waals surface area contributed by atoms with Gasteiger partial charge >= 0.3 is 0 Å². The van der Waals surface area contributed by atoms with E-state index in [1.807, 2.05) is 30.3 Å². The van der Waals surface area contributed by atoms with E-state index in [0.717, 1.165) is 5.56 Å². The van der Waals surface area contributed by atoms with E-state index in [2.05, 4.69) is 5.32 Å². The van der Waals surface area contributed by atoms with Crippen molar-refractivity contribution >= 4 is 28.8 Å². The summed E-state index contributed by atoms with van der Waals surface area (Å²) in [5.74, 6) is -0.0199. The van der Waals surface area contributed by atoms with Crippen LogP contribution in [0.2, 0.25) is 5.02 Å². The number of halogens is 1. The van der Waals surface area contributed by atoms with Gasteiger partial charge < -0.3 is 5.32 Å². The van der Waals surface area contributed by atoms with Crippen LogP contribution in [0.4, 0.5) is 11.4 Å². The Morgan fingerprint density at radius 2 is 1.70 bits per heavy atom. The van der Waals surface area contributed by atoms with Gasteiger partial charge in [0.05, 0.1) is 11.0 Å². The standard InChI is InChI=1S/C21H17ClN2O3/c22-17-11-9-15(10-12-17)20(14-21(25)16-5-2-1-3-6-16)23-18-7-4-8-19(13-18)24(26)27/h1-13,20,23H,14H2/t20-/m0/s1. The molecule has 1 N–H and O–H groups in total. The zero-order valence-corrected chi connectivity index (χ0v) is 15.1. The predicted octanol–water partition coefficient (Wildman–Crippen LogP) is 5.67. The van der Waals surface area contributed by atoms with Crippen LogP contribution in [0, 0.1) is 10.1 Å². The molecule has 0 fully saturated rings. The first kappa shape index (κ1) is 18.6. The van der Waals surface area contributed by atoms with Crippen molar-refractivity contribution in [3.05, 3.63) is 105 Å². The fourth-order valence-electron chi connectivity index (χ4n) is 2.79. The minimum absolute atomic E-state index is 0.00996. The van der Waals surface area contributed by atoms with Crippen LogP contribution in [-0.4, -0.2) is 10.7 Å². The molecule has 0 bridgehead atoms. The molecule has 27 heavy (non-hydrogen) atoms. The third kappa shape index (κ3) is 4.92. The lowest BCUT2D eigenvalue weighted by Gasteiger charge is -2.20. The molecule has 0 saturated carbocycles. The number of carbonyl (C=O) groups excluding carboxylic acids is 1. The van der Waals surface area contributed by atoms with Gasteiger partial charge in [0.2, 0.25) is 0 Å². The van der Waals surface area contributed by atoms with Gasteiger partial charge in [0.15, 0.2) is 5.78 Å². The van der Waals surface area contributed by atoms with E-state index in [-0.39, 0.29) is 23.9 Å². The molecular formula is C21H17ClN2O3. The molecule has 0 aromatic heterocycles. The summed E-state index contributed by atoms with van der Waals surface area (Å²) in [5, 5.41) is 14.9. The number of hydrogen-bond donors (Lipinski definition) is 1. The first-order chi connectivity index (χ1) is 13.0. The smallest absolute Gasteiger partial charge is 0.271 e. The second-order valence-electron chi connectivity index (χ2n) is 6.05. The third-order valence-electron chi connectivity index (χ3n) is 4.16. The Hall–Kier alpha value is -3.18. The molecule has 136 valence electrons. The van der Waals surface area contributed by atoms with Crippen LogP contribution in [0.15, 0.2) is 78.9 Å². The lowest BCUT2D eigenvalue weighted by molar-refractivity contribution is -0.384. The van der Waals surface area contributed by atoms with Gasteiger partial charge in [0.25, 0.3) is 5.69 Å².